The smallest absolute Gasteiger partial charge is 0.408 e. The number of alkyl carbamates (subject to hydrolysis) is 1. The number of allylic oxidation sites excluding steroid dienone is 2. The summed E-state index contributed by atoms with van der Waals surface area (Å²) in [7, 11) is -3.89. The molecule has 2 bridgehead atoms. The van der Waals surface area contributed by atoms with Crippen LogP contribution in [0.5, 0.6) is 6.01 Å². The van der Waals surface area contributed by atoms with Gasteiger partial charge in [-0.25, -0.2) is 13.2 Å². The highest BCUT2D eigenvalue weighted by Gasteiger charge is 2.62. The number of ether oxygens (including phenoxy) is 2. The minimum atomic E-state index is -3.89. The fourth-order valence-electron chi connectivity index (χ4n) is 9.49. The molecule has 3 heterocycles. The molecule has 4 aliphatic carbocycles. The average molecular weight is 872 g/mol. The van der Waals surface area contributed by atoms with Gasteiger partial charge in [-0.3, -0.25) is 28.5 Å². The Hall–Kier alpha value is -3.99. The van der Waals surface area contributed by atoms with Crippen molar-refractivity contribution in [1.29, 1.82) is 0 Å². The number of nitrogens with zero attached hydrogens (tertiary/aromatic N) is 3. The van der Waals surface area contributed by atoms with Crippen LogP contribution in [0.15, 0.2) is 39.6 Å². The summed E-state index contributed by atoms with van der Waals surface area (Å²) >= 11 is 3.47. The first-order valence-electron chi connectivity index (χ1n) is 20.5. The number of benzene rings is 1. The molecule has 2 aliphatic heterocycles. The van der Waals surface area contributed by atoms with Crippen molar-refractivity contribution in [2.45, 2.75) is 138 Å². The minimum absolute atomic E-state index is 0.0136. The molecule has 308 valence electrons. The van der Waals surface area contributed by atoms with Gasteiger partial charge in [0.1, 0.15) is 29.8 Å². The number of sulfonamides is 1. The van der Waals surface area contributed by atoms with E-state index in [4.69, 9.17) is 14.5 Å². The van der Waals surface area contributed by atoms with Crippen LogP contribution < -0.4 is 25.7 Å². The third-order valence-corrected chi connectivity index (χ3v) is 15.3. The van der Waals surface area contributed by atoms with Gasteiger partial charge in [0.15, 0.2) is 0 Å². The second-order valence-corrected chi connectivity index (χ2v) is 19.6. The molecular formula is C40H51BrN6O9S. The number of aromatic nitrogens is 2. The van der Waals surface area contributed by atoms with E-state index in [1.165, 1.54) is 9.47 Å². The normalized spacial score (nSPS) is 31.6. The van der Waals surface area contributed by atoms with E-state index in [1.54, 1.807) is 18.2 Å². The highest BCUT2D eigenvalue weighted by atomic mass is 79.9. The average Bonchev–Trinajstić information content (AvgIpc) is 3.96. The minimum Gasteiger partial charge on any atom is -0.459 e. The molecule has 1 aromatic carbocycles. The topological polar surface area (TPSA) is 195 Å². The van der Waals surface area contributed by atoms with Crippen LogP contribution in [0.4, 0.5) is 4.79 Å². The zero-order valence-electron chi connectivity index (χ0n) is 32.1. The first kappa shape index (κ1) is 39.8. The number of carbonyl (C=O) groups is 4. The summed E-state index contributed by atoms with van der Waals surface area (Å²) in [6.45, 7) is 1.96. The summed E-state index contributed by atoms with van der Waals surface area (Å²) in [5.74, 6) is -2.23. The molecule has 57 heavy (non-hydrogen) atoms. The third kappa shape index (κ3) is 8.19. The van der Waals surface area contributed by atoms with Crippen molar-refractivity contribution in [2.75, 3.05) is 6.54 Å². The Morgan fingerprint density at radius 3 is 2.51 bits per heavy atom. The molecule has 0 spiro atoms. The van der Waals surface area contributed by atoms with Crippen molar-refractivity contribution in [3.8, 4) is 6.01 Å². The van der Waals surface area contributed by atoms with Gasteiger partial charge in [0.05, 0.1) is 22.7 Å². The van der Waals surface area contributed by atoms with Gasteiger partial charge in [0.25, 0.3) is 17.5 Å². The fourth-order valence-corrected chi connectivity index (χ4v) is 11.2. The van der Waals surface area contributed by atoms with E-state index < -0.39 is 62.8 Å². The molecule has 3 N–H and O–H groups in total. The molecule has 4 amide bonds. The molecule has 0 unspecified atom stereocenters. The van der Waals surface area contributed by atoms with E-state index in [0.29, 0.717) is 49.4 Å². The van der Waals surface area contributed by atoms with Gasteiger partial charge in [0, 0.05) is 17.4 Å². The summed E-state index contributed by atoms with van der Waals surface area (Å²) in [5.41, 5.74) is -1.35. The van der Waals surface area contributed by atoms with Crippen LogP contribution in [0.1, 0.15) is 96.8 Å². The zero-order valence-corrected chi connectivity index (χ0v) is 34.5. The molecule has 17 heteroatoms. The van der Waals surface area contributed by atoms with Gasteiger partial charge in [-0.15, -0.1) is 0 Å². The maximum atomic E-state index is 14.9. The molecule has 4 saturated carbocycles. The van der Waals surface area contributed by atoms with Gasteiger partial charge in [-0.1, -0.05) is 54.3 Å². The summed E-state index contributed by atoms with van der Waals surface area (Å²) in [6.07, 6.45) is 11.1. The summed E-state index contributed by atoms with van der Waals surface area (Å²) < 4.78 is 42.6. The van der Waals surface area contributed by atoms with Crippen LogP contribution in [-0.2, 0) is 35.7 Å². The van der Waals surface area contributed by atoms with Crippen molar-refractivity contribution >= 4 is 60.7 Å². The predicted octanol–water partition coefficient (Wildman–Crippen LogP) is 4.20. The number of hydrogen-bond acceptors (Lipinski definition) is 10. The summed E-state index contributed by atoms with van der Waals surface area (Å²) in [6, 6.07) is 3.12. The first-order chi connectivity index (χ1) is 27.4. The molecule has 1 aromatic heterocycles. The van der Waals surface area contributed by atoms with Crippen LogP contribution in [0.25, 0.3) is 10.9 Å². The Kier molecular flexibility index (Phi) is 11.2. The number of hydrogen-bond donors (Lipinski definition) is 3. The van der Waals surface area contributed by atoms with E-state index in [-0.39, 0.29) is 61.4 Å². The Bertz CT molecular complexity index is 2140. The maximum Gasteiger partial charge on any atom is 0.408 e. The highest BCUT2D eigenvalue weighted by Crippen LogP contribution is 2.47. The van der Waals surface area contributed by atoms with E-state index in [1.807, 2.05) is 19.1 Å². The monoisotopic (exact) mass is 870 g/mol. The number of nitrogens with one attached hydrogen (secondary N) is 3. The van der Waals surface area contributed by atoms with E-state index in [9.17, 15) is 32.4 Å². The third-order valence-electron chi connectivity index (χ3n) is 13.0. The van der Waals surface area contributed by atoms with Crippen molar-refractivity contribution in [3.05, 3.63) is 45.2 Å². The molecule has 7 atom stereocenters. The lowest BCUT2D eigenvalue weighted by Crippen LogP contribution is -2.59. The molecule has 1 saturated heterocycles. The molecule has 5 fully saturated rings. The van der Waals surface area contributed by atoms with Crippen molar-refractivity contribution in [2.24, 2.45) is 17.8 Å². The maximum absolute atomic E-state index is 14.9. The van der Waals surface area contributed by atoms with Crippen LogP contribution >= 0.6 is 15.9 Å². The SMILES string of the molecule is CC[C@@H]1C[C@]1(NC(=O)[C@@H]1C[C@@H]2CN1C(=O)[C@H](C1CCCC1)NC(=O)O[C@@H]1CCC[C@H]1CC/C=C/Cn1c(nc3cc(Br)ccc3c1=O)O2)C(=O)NS(=O)(=O)C1CC1. The summed E-state index contributed by atoms with van der Waals surface area (Å²) in [5, 5.41) is 5.59. The largest absolute Gasteiger partial charge is 0.459 e. The van der Waals surface area contributed by atoms with E-state index >= 15 is 0 Å². The molecule has 15 nitrogen and oxygen atoms in total. The quantitative estimate of drug-likeness (QED) is 0.340. The zero-order chi connectivity index (χ0) is 40.1. The lowest BCUT2D eigenvalue weighted by Gasteiger charge is -2.32. The van der Waals surface area contributed by atoms with Gasteiger partial charge >= 0.3 is 6.09 Å². The van der Waals surface area contributed by atoms with E-state index in [0.717, 1.165) is 43.0 Å². The van der Waals surface area contributed by atoms with Crippen molar-refractivity contribution in [1.82, 2.24) is 29.8 Å². The molecule has 6 aliphatic rings. The molecule has 2 aromatic rings. The van der Waals surface area contributed by atoms with Crippen molar-refractivity contribution < 1.29 is 37.1 Å². The number of fused-ring (bicyclic) bond motifs is 5. The molecule has 8 rings (SSSR count). The number of rotatable bonds is 7. The highest BCUT2D eigenvalue weighted by molar-refractivity contribution is 9.10. The molecular weight excluding hydrogens is 820 g/mol. The lowest BCUT2D eigenvalue weighted by atomic mass is 9.96. The van der Waals surface area contributed by atoms with Crippen LogP contribution in [0, 0.1) is 17.8 Å². The van der Waals surface area contributed by atoms with Gasteiger partial charge in [-0.2, -0.15) is 4.98 Å². The Morgan fingerprint density at radius 1 is 1.00 bits per heavy atom. The standard InChI is InChI=1S/C40H51BrN6O9S/c1-2-25-21-40(25,37(51)45-57(53,54)28-15-16-28)44-34(48)31-20-27-22-47(31)36(50)33(24-10-5-6-11-24)43-39(52)56-32-13-8-12-23(32)9-4-3-7-18-46-35(49)29-17-14-26(41)19-30(29)42-38(46)55-27/h3,7,14,17,19,23-25,27-28,31-33H,2,4-6,8-13,15-16,18,20-22H2,1H3,(H,43,52)(H,44,48)(H,45,51)/b7-3+/t23-,25-,27-,31+,32-,33+,40-/m1/s1. The van der Waals surface area contributed by atoms with Gasteiger partial charge < -0.3 is 25.0 Å². The van der Waals surface area contributed by atoms with E-state index in [2.05, 4.69) is 31.3 Å². The van der Waals surface area contributed by atoms with Gasteiger partial charge in [0.2, 0.25) is 21.8 Å². The van der Waals surface area contributed by atoms with Crippen LogP contribution in [0.3, 0.4) is 0 Å². The lowest BCUT2D eigenvalue weighted by molar-refractivity contribution is -0.142. The number of halogens is 1. The second-order valence-electron chi connectivity index (χ2n) is 16.7. The van der Waals surface area contributed by atoms with Crippen LogP contribution in [-0.4, -0.2) is 88.3 Å². The Balaban J connectivity index is 1.15. The predicted molar refractivity (Wildman–Crippen MR) is 212 cm³/mol. The Morgan fingerprint density at radius 2 is 1.77 bits per heavy atom. The number of carbonyl (C=O) groups excluding carboxylic acids is 4. The first-order valence-corrected chi connectivity index (χ1v) is 22.9. The fraction of sp³-hybridized carbons (Fsp3) is 0.650. The number of amides is 4. The summed E-state index contributed by atoms with van der Waals surface area (Å²) in [4.78, 5) is 76.8. The van der Waals surface area contributed by atoms with Crippen molar-refractivity contribution in [3.63, 3.8) is 0 Å². The Labute approximate surface area is 340 Å². The van der Waals surface area contributed by atoms with Gasteiger partial charge in [-0.05, 0) is 100 Å². The molecule has 0 radical (unpaired) electrons. The van der Waals surface area contributed by atoms with Crippen LogP contribution in [0.2, 0.25) is 0 Å². The second kappa shape index (κ2) is 16.0.